The Balaban J connectivity index is 1.70. The number of carbonyl (C=O) groups excluding carboxylic acids is 1. The molecule has 0 spiro atoms. The number of ketones is 1. The normalized spacial score (nSPS) is 16.5. The van der Waals surface area contributed by atoms with Gasteiger partial charge in [-0.1, -0.05) is 42.5 Å². The molecule has 2 aliphatic rings. The predicted molar refractivity (Wildman–Crippen MR) is 123 cm³/mol. The Morgan fingerprint density at radius 2 is 1.72 bits per heavy atom. The van der Waals surface area contributed by atoms with Gasteiger partial charge in [0, 0.05) is 30.6 Å². The number of morpholine rings is 1. The summed E-state index contributed by atoms with van der Waals surface area (Å²) in [7, 11) is 0. The molecule has 0 bridgehead atoms. The van der Waals surface area contributed by atoms with Gasteiger partial charge in [-0.25, -0.2) is 4.98 Å². The standard InChI is InChI=1S/C25H22N4O3/c30-19-10-4-9-18-21(19)20(17-8-3-6-15-5-1-2-7-16(15)17)22-23(26-18)27-25(28-24(22)31)29-11-13-32-14-12-29/h1-3,5-8H,4,9-14H2,(H,26,27,28,31). The Bertz CT molecular complexity index is 1430. The fraction of sp³-hybridized carbons (Fsp3) is 0.280. The number of nitrogens with zero attached hydrogens (tertiary/aromatic N) is 3. The minimum absolute atomic E-state index is 0.0419. The molecule has 3 heterocycles. The molecule has 2 aromatic heterocycles. The second kappa shape index (κ2) is 7.53. The monoisotopic (exact) mass is 426 g/mol. The highest BCUT2D eigenvalue weighted by Gasteiger charge is 2.28. The lowest BCUT2D eigenvalue weighted by atomic mass is 9.85. The van der Waals surface area contributed by atoms with Gasteiger partial charge in [-0.15, -0.1) is 0 Å². The van der Waals surface area contributed by atoms with Crippen LogP contribution in [0, 0.1) is 0 Å². The number of pyridine rings is 1. The summed E-state index contributed by atoms with van der Waals surface area (Å²) in [6.45, 7) is 2.51. The van der Waals surface area contributed by atoms with Crippen molar-refractivity contribution < 1.29 is 9.53 Å². The summed E-state index contributed by atoms with van der Waals surface area (Å²) in [5.74, 6) is 0.546. The Morgan fingerprint density at radius 1 is 0.906 bits per heavy atom. The van der Waals surface area contributed by atoms with Crippen LogP contribution in [0.15, 0.2) is 47.3 Å². The van der Waals surface area contributed by atoms with Crippen molar-refractivity contribution in [2.75, 3.05) is 31.2 Å². The average molecular weight is 426 g/mol. The lowest BCUT2D eigenvalue weighted by Crippen LogP contribution is -2.38. The number of aromatic amines is 1. The first-order chi connectivity index (χ1) is 15.7. The van der Waals surface area contributed by atoms with Crippen LogP contribution in [0.5, 0.6) is 0 Å². The molecule has 0 amide bonds. The maximum Gasteiger partial charge on any atom is 0.262 e. The van der Waals surface area contributed by atoms with E-state index in [0.717, 1.165) is 28.5 Å². The fourth-order valence-corrected chi connectivity index (χ4v) is 4.87. The van der Waals surface area contributed by atoms with Crippen molar-refractivity contribution in [1.29, 1.82) is 0 Å². The van der Waals surface area contributed by atoms with Crippen LogP contribution in [-0.2, 0) is 11.2 Å². The summed E-state index contributed by atoms with van der Waals surface area (Å²) < 4.78 is 5.43. The van der Waals surface area contributed by atoms with Gasteiger partial charge in [0.15, 0.2) is 11.4 Å². The first kappa shape index (κ1) is 19.1. The number of Topliss-reactive ketones (excluding diaryl/α,β-unsaturated/α-hetero) is 1. The van der Waals surface area contributed by atoms with Crippen molar-refractivity contribution in [3.63, 3.8) is 0 Å². The highest BCUT2D eigenvalue weighted by molar-refractivity contribution is 6.14. The lowest BCUT2D eigenvalue weighted by molar-refractivity contribution is 0.0972. The summed E-state index contributed by atoms with van der Waals surface area (Å²) in [6, 6.07) is 14.0. The molecule has 0 saturated carbocycles. The number of benzene rings is 2. The van der Waals surface area contributed by atoms with Crippen LogP contribution in [0.25, 0.3) is 32.9 Å². The Kier molecular flexibility index (Phi) is 4.50. The molecule has 1 aliphatic heterocycles. The number of H-pyrrole nitrogens is 1. The third-order valence-corrected chi connectivity index (χ3v) is 6.38. The molecule has 1 aliphatic carbocycles. The first-order valence-corrected chi connectivity index (χ1v) is 11.0. The number of nitrogens with one attached hydrogen (secondary N) is 1. The van der Waals surface area contributed by atoms with Crippen LogP contribution >= 0.6 is 0 Å². The Morgan fingerprint density at radius 3 is 2.59 bits per heavy atom. The maximum absolute atomic E-state index is 13.5. The minimum Gasteiger partial charge on any atom is -0.378 e. The molecule has 1 saturated heterocycles. The van der Waals surface area contributed by atoms with Crippen molar-refractivity contribution in [3.8, 4) is 11.1 Å². The molecule has 160 valence electrons. The minimum atomic E-state index is -0.270. The average Bonchev–Trinajstić information content (AvgIpc) is 2.83. The van der Waals surface area contributed by atoms with Gasteiger partial charge in [0.05, 0.1) is 24.3 Å². The third kappa shape index (κ3) is 3.00. The van der Waals surface area contributed by atoms with Crippen molar-refractivity contribution in [1.82, 2.24) is 15.0 Å². The summed E-state index contributed by atoms with van der Waals surface area (Å²) in [5, 5.41) is 2.44. The van der Waals surface area contributed by atoms with Gasteiger partial charge in [-0.3, -0.25) is 14.6 Å². The van der Waals surface area contributed by atoms with E-state index in [-0.39, 0.29) is 11.3 Å². The molecule has 4 aromatic rings. The van der Waals surface area contributed by atoms with Gasteiger partial charge in [0.2, 0.25) is 5.95 Å². The Hall–Kier alpha value is -3.58. The lowest BCUT2D eigenvalue weighted by Gasteiger charge is -2.27. The molecular formula is C25H22N4O3. The van der Waals surface area contributed by atoms with E-state index in [9.17, 15) is 9.59 Å². The second-order valence-corrected chi connectivity index (χ2v) is 8.30. The molecule has 1 fully saturated rings. The van der Waals surface area contributed by atoms with Crippen molar-refractivity contribution >= 4 is 33.5 Å². The SMILES string of the molecule is O=C1CCCc2nc3nc(N4CCOCC4)[nH]c(=O)c3c(-c3cccc4ccccc34)c21. The zero-order valence-electron chi connectivity index (χ0n) is 17.6. The summed E-state index contributed by atoms with van der Waals surface area (Å²) >= 11 is 0. The van der Waals surface area contributed by atoms with Crippen molar-refractivity contribution in [3.05, 3.63) is 64.1 Å². The van der Waals surface area contributed by atoms with Crippen LogP contribution < -0.4 is 10.5 Å². The van der Waals surface area contributed by atoms with Crippen molar-refractivity contribution in [2.24, 2.45) is 0 Å². The molecule has 6 rings (SSSR count). The number of aromatic nitrogens is 3. The van der Waals surface area contributed by atoms with Crippen molar-refractivity contribution in [2.45, 2.75) is 19.3 Å². The van der Waals surface area contributed by atoms with E-state index in [2.05, 4.69) is 4.98 Å². The van der Waals surface area contributed by atoms with E-state index in [1.54, 1.807) is 0 Å². The largest absolute Gasteiger partial charge is 0.378 e. The zero-order valence-corrected chi connectivity index (χ0v) is 17.6. The molecular weight excluding hydrogens is 404 g/mol. The number of aryl methyl sites for hydroxylation is 1. The van der Waals surface area contributed by atoms with Gasteiger partial charge < -0.3 is 9.64 Å². The molecule has 2 aromatic carbocycles. The number of anilines is 1. The predicted octanol–water partition coefficient (Wildman–Crippen LogP) is 3.49. The fourth-order valence-electron chi connectivity index (χ4n) is 4.87. The van der Waals surface area contributed by atoms with Gasteiger partial charge in [0.25, 0.3) is 5.56 Å². The number of hydrogen-bond acceptors (Lipinski definition) is 6. The highest BCUT2D eigenvalue weighted by atomic mass is 16.5. The van der Waals surface area contributed by atoms with E-state index in [4.69, 9.17) is 14.7 Å². The highest BCUT2D eigenvalue weighted by Crippen LogP contribution is 2.38. The molecule has 32 heavy (non-hydrogen) atoms. The van der Waals surface area contributed by atoms with Crippen LogP contribution in [-0.4, -0.2) is 47.0 Å². The number of carbonyl (C=O) groups is 1. The van der Waals surface area contributed by atoms with E-state index < -0.39 is 0 Å². The van der Waals surface area contributed by atoms with E-state index in [0.29, 0.717) is 67.3 Å². The molecule has 7 nitrogen and oxygen atoms in total. The summed E-state index contributed by atoms with van der Waals surface area (Å²) in [5.41, 5.74) is 2.97. The van der Waals surface area contributed by atoms with Gasteiger partial charge in [-0.05, 0) is 29.2 Å². The van der Waals surface area contributed by atoms with Gasteiger partial charge in [-0.2, -0.15) is 4.98 Å². The summed E-state index contributed by atoms with van der Waals surface area (Å²) in [6.07, 6.45) is 1.93. The zero-order chi connectivity index (χ0) is 21.7. The number of hydrogen-bond donors (Lipinski definition) is 1. The van der Waals surface area contributed by atoms with E-state index in [1.807, 2.05) is 47.4 Å². The van der Waals surface area contributed by atoms with Gasteiger partial charge in [0.1, 0.15) is 0 Å². The smallest absolute Gasteiger partial charge is 0.262 e. The number of ether oxygens (including phenoxy) is 1. The van der Waals surface area contributed by atoms with Crippen LogP contribution in [0.1, 0.15) is 28.9 Å². The van der Waals surface area contributed by atoms with Crippen LogP contribution in [0.4, 0.5) is 5.95 Å². The van der Waals surface area contributed by atoms with Gasteiger partial charge >= 0.3 is 0 Å². The molecule has 1 N–H and O–H groups in total. The van der Waals surface area contributed by atoms with Crippen LogP contribution in [0.3, 0.4) is 0 Å². The van der Waals surface area contributed by atoms with E-state index in [1.165, 1.54) is 0 Å². The third-order valence-electron chi connectivity index (χ3n) is 6.38. The summed E-state index contributed by atoms with van der Waals surface area (Å²) in [4.78, 5) is 41.0. The molecule has 0 radical (unpaired) electrons. The van der Waals surface area contributed by atoms with Crippen LogP contribution in [0.2, 0.25) is 0 Å². The number of fused-ring (bicyclic) bond motifs is 3. The Labute approximate surface area is 184 Å². The molecule has 0 atom stereocenters. The quantitative estimate of drug-likeness (QED) is 0.528. The van der Waals surface area contributed by atoms with E-state index >= 15 is 0 Å². The number of rotatable bonds is 2. The molecule has 0 unspecified atom stereocenters. The first-order valence-electron chi connectivity index (χ1n) is 11.0. The molecule has 7 heteroatoms. The topological polar surface area (TPSA) is 88.2 Å². The maximum atomic E-state index is 13.5. The second-order valence-electron chi connectivity index (χ2n) is 8.30.